The highest BCUT2D eigenvalue weighted by molar-refractivity contribution is 6.48. The number of allylic oxidation sites excluding steroid dienone is 1. The third kappa shape index (κ3) is 8.83. The highest BCUT2D eigenvalue weighted by atomic mass is 35.5. The lowest BCUT2D eigenvalue weighted by atomic mass is 9.91. The number of hydrogen-bond donors (Lipinski definition) is 2. The summed E-state index contributed by atoms with van der Waals surface area (Å²) in [4.78, 5) is 24.1. The molecule has 1 unspecified atom stereocenters. The van der Waals surface area contributed by atoms with E-state index in [4.69, 9.17) is 34.8 Å². The maximum absolute atomic E-state index is 15.1. The van der Waals surface area contributed by atoms with Gasteiger partial charge in [0, 0.05) is 19.5 Å². The van der Waals surface area contributed by atoms with Crippen LogP contribution in [0.25, 0.3) is 5.83 Å². The van der Waals surface area contributed by atoms with Crippen molar-refractivity contribution in [3.8, 4) is 0 Å². The van der Waals surface area contributed by atoms with E-state index >= 15 is 4.39 Å². The number of halogens is 12. The Kier molecular flexibility index (Phi) is 10.3. The van der Waals surface area contributed by atoms with Crippen LogP contribution in [0.15, 0.2) is 36.4 Å². The molecule has 0 aromatic heterocycles. The molecule has 17 heteroatoms. The lowest BCUT2D eigenvalue weighted by Gasteiger charge is -2.22. The zero-order valence-corrected chi connectivity index (χ0v) is 22.3. The highest BCUT2D eigenvalue weighted by Crippen LogP contribution is 2.42. The second-order valence-electron chi connectivity index (χ2n) is 8.28. The van der Waals surface area contributed by atoms with E-state index in [0.717, 1.165) is 19.2 Å². The number of urea groups is 1. The second-order valence-corrected chi connectivity index (χ2v) is 9.47. The van der Waals surface area contributed by atoms with Gasteiger partial charge in [0.25, 0.3) is 11.8 Å². The number of carbonyl (C=O) groups excluding carboxylic acids is 2. The molecule has 40 heavy (non-hydrogen) atoms. The lowest BCUT2D eigenvalue weighted by Crippen LogP contribution is -2.50. The van der Waals surface area contributed by atoms with Crippen LogP contribution in [0.1, 0.15) is 39.9 Å². The van der Waals surface area contributed by atoms with Crippen molar-refractivity contribution in [3.05, 3.63) is 73.7 Å². The minimum Gasteiger partial charge on any atom is -0.327 e. The van der Waals surface area contributed by atoms with Crippen LogP contribution in [0.2, 0.25) is 15.1 Å². The van der Waals surface area contributed by atoms with Gasteiger partial charge in [-0.15, -0.1) is 0 Å². The van der Waals surface area contributed by atoms with Crippen molar-refractivity contribution in [2.45, 2.75) is 31.1 Å². The van der Waals surface area contributed by atoms with Crippen LogP contribution in [0.3, 0.4) is 0 Å². The molecule has 0 aliphatic rings. The summed E-state index contributed by atoms with van der Waals surface area (Å²) in [7, 11) is 0.758. The van der Waals surface area contributed by atoms with Crippen LogP contribution >= 0.6 is 34.8 Å². The average Bonchev–Trinajstić information content (AvgIpc) is 2.81. The van der Waals surface area contributed by atoms with E-state index in [1.54, 1.807) is 5.43 Å². The van der Waals surface area contributed by atoms with E-state index in [9.17, 15) is 44.7 Å². The standard InChI is InChI=1S/C23H17Cl3F9N3O2/c1-21(28,29)13(11-6-15(24)18(26)16(25)7-11)8-17(27)10-3-4-12(14(5-10)23(33,34)35)19(39)37-38(2)20(40)36-9-22(30,31)32/h3-8,13H,9H2,1-2H3,(H,36,40)(H,37,39)/b17-8-. The summed E-state index contributed by atoms with van der Waals surface area (Å²) in [5.41, 5.74) is -2.37. The third-order valence-electron chi connectivity index (χ3n) is 5.08. The van der Waals surface area contributed by atoms with Crippen LogP contribution in [-0.4, -0.2) is 42.6 Å². The summed E-state index contributed by atoms with van der Waals surface area (Å²) in [5, 5.41) is 0.911. The van der Waals surface area contributed by atoms with Crippen molar-refractivity contribution < 1.29 is 49.1 Å². The SMILES string of the molecule is CN(NC(=O)c1ccc(/C(F)=C/C(c2cc(Cl)c(Cl)c(Cl)c2)C(C)(F)F)cc1C(F)(F)F)C(=O)NCC(F)(F)F. The molecule has 2 aromatic carbocycles. The fourth-order valence-corrected chi connectivity index (χ4v) is 3.83. The molecule has 0 aliphatic carbocycles. The Morgan fingerprint density at radius 2 is 1.52 bits per heavy atom. The van der Waals surface area contributed by atoms with Gasteiger partial charge in [-0.2, -0.15) is 26.3 Å². The summed E-state index contributed by atoms with van der Waals surface area (Å²) in [6, 6.07) is 1.80. The van der Waals surface area contributed by atoms with E-state index in [2.05, 4.69) is 0 Å². The molecule has 0 aliphatic heterocycles. The molecule has 0 fully saturated rings. The molecule has 5 nitrogen and oxygen atoms in total. The number of carbonyl (C=O) groups is 2. The second kappa shape index (κ2) is 12.4. The summed E-state index contributed by atoms with van der Waals surface area (Å²) >= 11 is 17.5. The number of hydrogen-bond acceptors (Lipinski definition) is 2. The predicted octanol–water partition coefficient (Wildman–Crippen LogP) is 8.26. The van der Waals surface area contributed by atoms with E-state index in [1.807, 2.05) is 0 Å². The Hall–Kier alpha value is -2.84. The molecular weight excluding hydrogens is 628 g/mol. The summed E-state index contributed by atoms with van der Waals surface area (Å²) in [6.45, 7) is -1.36. The zero-order valence-electron chi connectivity index (χ0n) is 20.0. The van der Waals surface area contributed by atoms with Crippen LogP contribution in [0, 0.1) is 0 Å². The van der Waals surface area contributed by atoms with Gasteiger partial charge in [-0.3, -0.25) is 10.2 Å². The Balaban J connectivity index is 2.45. The van der Waals surface area contributed by atoms with Gasteiger partial charge in [0.05, 0.1) is 32.1 Å². The van der Waals surface area contributed by atoms with Gasteiger partial charge in [-0.25, -0.2) is 23.0 Å². The Bertz CT molecular complexity index is 1290. The van der Waals surface area contributed by atoms with Crippen LogP contribution in [-0.2, 0) is 6.18 Å². The van der Waals surface area contributed by atoms with Gasteiger partial charge in [-0.1, -0.05) is 40.9 Å². The monoisotopic (exact) mass is 643 g/mol. The first-order chi connectivity index (χ1) is 18.1. The van der Waals surface area contributed by atoms with Crippen molar-refractivity contribution in [2.24, 2.45) is 0 Å². The summed E-state index contributed by atoms with van der Waals surface area (Å²) < 4.78 is 122. The van der Waals surface area contributed by atoms with Gasteiger partial charge in [-0.05, 0) is 35.9 Å². The fraction of sp³-hybridized carbons (Fsp3) is 0.304. The minimum absolute atomic E-state index is 0.164. The third-order valence-corrected chi connectivity index (χ3v) is 6.28. The largest absolute Gasteiger partial charge is 0.417 e. The van der Waals surface area contributed by atoms with Gasteiger partial charge < -0.3 is 5.32 Å². The van der Waals surface area contributed by atoms with Crippen LogP contribution in [0.4, 0.5) is 44.3 Å². The maximum Gasteiger partial charge on any atom is 0.417 e. The molecule has 220 valence electrons. The van der Waals surface area contributed by atoms with Crippen LogP contribution in [0.5, 0.6) is 0 Å². The molecule has 0 radical (unpaired) electrons. The van der Waals surface area contributed by atoms with Crippen molar-refractivity contribution in [3.63, 3.8) is 0 Å². The number of alkyl halides is 8. The smallest absolute Gasteiger partial charge is 0.327 e. The van der Waals surface area contributed by atoms with E-state index in [-0.39, 0.29) is 31.7 Å². The van der Waals surface area contributed by atoms with E-state index in [1.165, 1.54) is 5.32 Å². The minimum atomic E-state index is -5.29. The molecule has 0 spiro atoms. The summed E-state index contributed by atoms with van der Waals surface area (Å²) in [6.07, 6.45) is -9.75. The molecule has 0 saturated heterocycles. The predicted molar refractivity (Wildman–Crippen MR) is 130 cm³/mol. The molecule has 1 atom stereocenters. The topological polar surface area (TPSA) is 61.4 Å². The van der Waals surface area contributed by atoms with Crippen molar-refractivity contribution in [1.82, 2.24) is 15.8 Å². The molecule has 0 bridgehead atoms. The molecule has 3 amide bonds. The van der Waals surface area contributed by atoms with Crippen molar-refractivity contribution in [1.29, 1.82) is 0 Å². The fourth-order valence-electron chi connectivity index (χ4n) is 3.22. The van der Waals surface area contributed by atoms with Gasteiger partial charge in [0.2, 0.25) is 0 Å². The quantitative estimate of drug-likeness (QED) is 0.189. The Morgan fingerprint density at radius 3 is 2.00 bits per heavy atom. The first kappa shape index (κ1) is 33.4. The molecule has 0 heterocycles. The van der Waals surface area contributed by atoms with E-state index < -0.39 is 65.2 Å². The van der Waals surface area contributed by atoms with Gasteiger partial charge in [0.15, 0.2) is 0 Å². The first-order valence-electron chi connectivity index (χ1n) is 10.6. The molecular formula is C23H17Cl3F9N3O2. The molecule has 2 N–H and O–H groups in total. The number of nitrogens with zero attached hydrogens (tertiary/aromatic N) is 1. The normalized spacial score (nSPS) is 13.6. The van der Waals surface area contributed by atoms with Gasteiger partial charge in [0.1, 0.15) is 12.4 Å². The lowest BCUT2D eigenvalue weighted by molar-refractivity contribution is -0.138. The Morgan fingerprint density at radius 1 is 0.975 bits per heavy atom. The number of nitrogens with one attached hydrogen (secondary N) is 2. The molecule has 2 rings (SSSR count). The van der Waals surface area contributed by atoms with Gasteiger partial charge >= 0.3 is 18.4 Å². The Labute approximate surface area is 235 Å². The van der Waals surface area contributed by atoms with Crippen LogP contribution < -0.4 is 10.7 Å². The van der Waals surface area contributed by atoms with E-state index in [0.29, 0.717) is 25.1 Å². The number of rotatable bonds is 6. The maximum atomic E-state index is 15.1. The number of amides is 3. The van der Waals surface area contributed by atoms with Crippen molar-refractivity contribution >= 4 is 52.6 Å². The molecule has 2 aromatic rings. The van der Waals surface area contributed by atoms with Crippen molar-refractivity contribution in [2.75, 3.05) is 13.6 Å². The highest BCUT2D eigenvalue weighted by Gasteiger charge is 2.38. The summed E-state index contributed by atoms with van der Waals surface area (Å²) in [5.74, 6) is -8.85. The molecule has 0 saturated carbocycles. The first-order valence-corrected chi connectivity index (χ1v) is 11.8. The zero-order chi connectivity index (χ0) is 30.8. The number of benzene rings is 2. The number of hydrazine groups is 1. The average molecular weight is 645 g/mol.